The molecule has 1 rings (SSSR count). The Morgan fingerprint density at radius 1 is 1.19 bits per heavy atom. The van der Waals surface area contributed by atoms with Crippen molar-refractivity contribution in [3.05, 3.63) is 51.5 Å². The van der Waals surface area contributed by atoms with Gasteiger partial charge in [0, 0.05) is 11.1 Å². The van der Waals surface area contributed by atoms with Crippen LogP contribution in [-0.2, 0) is 14.3 Å². The van der Waals surface area contributed by atoms with Gasteiger partial charge in [-0.1, -0.05) is 53.0 Å². The van der Waals surface area contributed by atoms with E-state index in [2.05, 4.69) is 5.32 Å². The van der Waals surface area contributed by atoms with E-state index in [0.29, 0.717) is 5.02 Å². The zero-order valence-corrected chi connectivity index (χ0v) is 13.3. The van der Waals surface area contributed by atoms with Gasteiger partial charge in [-0.05, 0) is 19.1 Å². The van der Waals surface area contributed by atoms with Crippen LogP contribution in [0.5, 0.6) is 0 Å². The highest BCUT2D eigenvalue weighted by atomic mass is 35.5. The minimum atomic E-state index is -0.628. The summed E-state index contributed by atoms with van der Waals surface area (Å²) in [5.41, 5.74) is 0.216. The van der Waals surface area contributed by atoms with E-state index < -0.39 is 18.5 Å². The normalized spacial score (nSPS) is 11.0. The van der Waals surface area contributed by atoms with Crippen molar-refractivity contribution in [1.82, 2.24) is 0 Å². The molecule has 112 valence electrons. The molecule has 4 nitrogen and oxygen atoms in total. The van der Waals surface area contributed by atoms with Crippen molar-refractivity contribution >= 4 is 52.4 Å². The van der Waals surface area contributed by atoms with Crippen LogP contribution in [0.15, 0.2) is 36.4 Å². The average molecular weight is 349 g/mol. The van der Waals surface area contributed by atoms with Gasteiger partial charge in [0.2, 0.25) is 0 Å². The van der Waals surface area contributed by atoms with Gasteiger partial charge < -0.3 is 10.1 Å². The number of hydrogen-bond acceptors (Lipinski definition) is 3. The summed E-state index contributed by atoms with van der Waals surface area (Å²) in [7, 11) is 0. The quantitative estimate of drug-likeness (QED) is 0.491. The molecule has 0 fully saturated rings. The van der Waals surface area contributed by atoms with E-state index in [1.54, 1.807) is 12.2 Å². The largest absolute Gasteiger partial charge is 0.452 e. The Kier molecular flexibility index (Phi) is 7.29. The first kappa shape index (κ1) is 17.6. The van der Waals surface area contributed by atoms with Gasteiger partial charge in [0.15, 0.2) is 6.61 Å². The van der Waals surface area contributed by atoms with Gasteiger partial charge in [-0.3, -0.25) is 4.79 Å². The second-order valence-corrected chi connectivity index (χ2v) is 5.04. The van der Waals surface area contributed by atoms with Crippen LogP contribution in [0.1, 0.15) is 6.92 Å². The number of carbonyl (C=O) groups excluding carboxylic acids is 2. The average Bonchev–Trinajstić information content (AvgIpc) is 2.41. The van der Waals surface area contributed by atoms with Crippen molar-refractivity contribution < 1.29 is 14.3 Å². The van der Waals surface area contributed by atoms with Crippen LogP contribution in [0.2, 0.25) is 15.1 Å². The Hall–Kier alpha value is -1.49. The van der Waals surface area contributed by atoms with Crippen molar-refractivity contribution in [3.63, 3.8) is 0 Å². The molecule has 0 aromatic heterocycles. The number of allylic oxidation sites excluding steroid dienone is 3. The molecule has 0 spiro atoms. The third kappa shape index (κ3) is 6.21. The van der Waals surface area contributed by atoms with Crippen molar-refractivity contribution in [2.75, 3.05) is 11.9 Å². The monoisotopic (exact) mass is 347 g/mol. The lowest BCUT2D eigenvalue weighted by Gasteiger charge is -2.09. The highest BCUT2D eigenvalue weighted by Crippen LogP contribution is 2.33. The third-order valence-electron chi connectivity index (χ3n) is 2.15. The predicted octanol–water partition coefficient (Wildman–Crippen LogP) is 4.26. The van der Waals surface area contributed by atoms with Crippen molar-refractivity contribution in [2.24, 2.45) is 0 Å². The van der Waals surface area contributed by atoms with Crippen LogP contribution in [0.3, 0.4) is 0 Å². The Morgan fingerprint density at radius 3 is 2.38 bits per heavy atom. The molecule has 0 atom stereocenters. The fraction of sp³-hybridized carbons (Fsp3) is 0.143. The van der Waals surface area contributed by atoms with Crippen molar-refractivity contribution in [2.45, 2.75) is 6.92 Å². The second-order valence-electron chi connectivity index (χ2n) is 3.79. The van der Waals surface area contributed by atoms with E-state index in [-0.39, 0.29) is 15.7 Å². The molecule has 0 saturated carbocycles. The first-order chi connectivity index (χ1) is 9.93. The summed E-state index contributed by atoms with van der Waals surface area (Å²) >= 11 is 17.6. The molecule has 0 unspecified atom stereocenters. The second kappa shape index (κ2) is 8.72. The number of rotatable bonds is 5. The van der Waals surface area contributed by atoms with Crippen molar-refractivity contribution in [3.8, 4) is 0 Å². The van der Waals surface area contributed by atoms with Gasteiger partial charge in [-0.25, -0.2) is 4.79 Å². The Balaban J connectivity index is 2.57. The molecule has 0 bridgehead atoms. The van der Waals surface area contributed by atoms with E-state index in [1.807, 2.05) is 6.92 Å². The van der Waals surface area contributed by atoms with Crippen LogP contribution in [0.25, 0.3) is 0 Å². The molecule has 1 amide bonds. The zero-order chi connectivity index (χ0) is 15.8. The number of carbonyl (C=O) groups is 2. The number of halogens is 3. The summed E-state index contributed by atoms with van der Waals surface area (Å²) < 4.78 is 4.74. The molecule has 0 aliphatic rings. The summed E-state index contributed by atoms with van der Waals surface area (Å²) in [5.74, 6) is -1.19. The maximum Gasteiger partial charge on any atom is 0.331 e. The number of ether oxygens (including phenoxy) is 1. The van der Waals surface area contributed by atoms with E-state index in [4.69, 9.17) is 39.5 Å². The van der Waals surface area contributed by atoms with E-state index >= 15 is 0 Å². The molecule has 0 radical (unpaired) electrons. The lowest BCUT2D eigenvalue weighted by Crippen LogP contribution is -2.20. The molecule has 0 aliphatic heterocycles. The maximum absolute atomic E-state index is 11.7. The summed E-state index contributed by atoms with van der Waals surface area (Å²) in [4.78, 5) is 22.9. The Morgan fingerprint density at radius 2 is 1.81 bits per heavy atom. The lowest BCUT2D eigenvalue weighted by atomic mass is 10.3. The fourth-order valence-corrected chi connectivity index (χ4v) is 2.18. The van der Waals surface area contributed by atoms with Crippen LogP contribution in [0, 0.1) is 0 Å². The van der Waals surface area contributed by atoms with Crippen molar-refractivity contribution in [1.29, 1.82) is 0 Å². The van der Waals surface area contributed by atoms with Gasteiger partial charge >= 0.3 is 5.97 Å². The van der Waals surface area contributed by atoms with E-state index in [1.165, 1.54) is 24.3 Å². The number of esters is 1. The topological polar surface area (TPSA) is 55.4 Å². The maximum atomic E-state index is 11.7. The molecule has 1 N–H and O–H groups in total. The molecule has 0 heterocycles. The molecule has 0 saturated heterocycles. The molecule has 0 aliphatic carbocycles. The minimum Gasteiger partial charge on any atom is -0.452 e. The van der Waals surface area contributed by atoms with E-state index in [0.717, 1.165) is 0 Å². The molecule has 1 aromatic rings. The number of benzene rings is 1. The van der Waals surface area contributed by atoms with Crippen LogP contribution in [0.4, 0.5) is 5.69 Å². The molecular formula is C14H12Cl3NO3. The Labute approximate surface area is 137 Å². The van der Waals surface area contributed by atoms with Gasteiger partial charge in [-0.15, -0.1) is 0 Å². The van der Waals surface area contributed by atoms with Crippen LogP contribution in [-0.4, -0.2) is 18.5 Å². The van der Waals surface area contributed by atoms with Crippen LogP contribution < -0.4 is 5.32 Å². The van der Waals surface area contributed by atoms with Gasteiger partial charge in [0.05, 0.1) is 15.7 Å². The summed E-state index contributed by atoms with van der Waals surface area (Å²) in [6.45, 7) is 1.36. The summed E-state index contributed by atoms with van der Waals surface area (Å²) in [5, 5.41) is 3.19. The highest BCUT2D eigenvalue weighted by Gasteiger charge is 2.12. The number of nitrogens with one attached hydrogen (secondary N) is 1. The number of hydrogen-bond donors (Lipinski definition) is 1. The first-order valence-corrected chi connectivity index (χ1v) is 6.98. The molecule has 21 heavy (non-hydrogen) atoms. The Bertz CT molecular complexity index is 574. The van der Waals surface area contributed by atoms with Gasteiger partial charge in [0.1, 0.15) is 0 Å². The van der Waals surface area contributed by atoms with Crippen LogP contribution >= 0.6 is 34.8 Å². The van der Waals surface area contributed by atoms with Gasteiger partial charge in [0.25, 0.3) is 5.91 Å². The zero-order valence-electron chi connectivity index (χ0n) is 11.0. The lowest BCUT2D eigenvalue weighted by molar-refractivity contribution is -0.142. The molecular weight excluding hydrogens is 337 g/mol. The van der Waals surface area contributed by atoms with E-state index in [9.17, 15) is 9.59 Å². The first-order valence-electron chi connectivity index (χ1n) is 5.84. The predicted molar refractivity (Wildman–Crippen MR) is 85.0 cm³/mol. The highest BCUT2D eigenvalue weighted by molar-refractivity contribution is 6.42. The smallest absolute Gasteiger partial charge is 0.331 e. The molecule has 1 aromatic carbocycles. The SMILES string of the molecule is C/C=C/C=C/C(=O)OCC(=O)Nc1c(Cl)cc(Cl)cc1Cl. The van der Waals surface area contributed by atoms with Gasteiger partial charge in [-0.2, -0.15) is 0 Å². The number of amides is 1. The minimum absolute atomic E-state index is 0.195. The third-order valence-corrected chi connectivity index (χ3v) is 2.97. The summed E-state index contributed by atoms with van der Waals surface area (Å²) in [6.07, 6.45) is 6.12. The number of anilines is 1. The molecule has 7 heteroatoms. The standard InChI is InChI=1S/C14H12Cl3NO3/c1-2-3-4-5-13(20)21-8-12(19)18-14-10(16)6-9(15)7-11(14)17/h2-7H,8H2,1H3,(H,18,19)/b3-2+,5-4+. The summed E-state index contributed by atoms with van der Waals surface area (Å²) in [6, 6.07) is 2.88. The fourth-order valence-electron chi connectivity index (χ4n) is 1.27.